The van der Waals surface area contributed by atoms with Gasteiger partial charge in [-0.05, 0) is 81.2 Å². The molecule has 7 nitrogen and oxygen atoms in total. The minimum atomic E-state index is 0.106. The van der Waals surface area contributed by atoms with Crippen LogP contribution in [0, 0.1) is 12.8 Å². The van der Waals surface area contributed by atoms with E-state index in [0.717, 1.165) is 60.4 Å². The Balaban J connectivity index is 1.35. The highest BCUT2D eigenvalue weighted by atomic mass is 16.1. The predicted molar refractivity (Wildman–Crippen MR) is 145 cm³/mol. The van der Waals surface area contributed by atoms with Crippen LogP contribution in [0.15, 0.2) is 42.5 Å². The first-order valence-corrected chi connectivity index (χ1v) is 12.7. The number of hydrogen-bond donors (Lipinski definition) is 2. The third kappa shape index (κ3) is 6.48. The molecule has 186 valence electrons. The normalized spacial score (nSPS) is 14.7. The van der Waals surface area contributed by atoms with Crippen LogP contribution in [0.3, 0.4) is 0 Å². The highest BCUT2D eigenvalue weighted by Crippen LogP contribution is 2.25. The number of nitrogens with one attached hydrogen (secondary N) is 2. The lowest BCUT2D eigenvalue weighted by atomic mass is 9.95. The van der Waals surface area contributed by atoms with Crippen molar-refractivity contribution in [3.8, 4) is 0 Å². The minimum Gasteiger partial charge on any atom is -0.365 e. The number of benzene rings is 2. The van der Waals surface area contributed by atoms with Gasteiger partial charge in [-0.1, -0.05) is 31.5 Å². The maximum atomic E-state index is 12.8. The zero-order chi connectivity index (χ0) is 24.8. The van der Waals surface area contributed by atoms with Crippen LogP contribution in [0.25, 0.3) is 10.9 Å². The summed E-state index contributed by atoms with van der Waals surface area (Å²) in [6.45, 7) is 8.13. The average molecular weight is 475 g/mol. The van der Waals surface area contributed by atoms with E-state index in [1.165, 1.54) is 18.4 Å². The molecule has 1 fully saturated rings. The topological polar surface area (TPSA) is 73.4 Å². The Morgan fingerprint density at radius 2 is 1.83 bits per heavy atom. The molecular formula is C28H38N6O. The maximum absolute atomic E-state index is 12.8. The van der Waals surface area contributed by atoms with E-state index in [-0.39, 0.29) is 11.8 Å². The van der Waals surface area contributed by atoms with Crippen molar-refractivity contribution in [1.82, 2.24) is 14.9 Å². The molecule has 0 radical (unpaired) electrons. The molecule has 1 aromatic heterocycles. The third-order valence-electron chi connectivity index (χ3n) is 6.71. The number of amides is 1. The van der Waals surface area contributed by atoms with Gasteiger partial charge < -0.3 is 20.4 Å². The van der Waals surface area contributed by atoms with Crippen molar-refractivity contribution in [3.63, 3.8) is 0 Å². The lowest BCUT2D eigenvalue weighted by Gasteiger charge is -2.31. The van der Waals surface area contributed by atoms with Gasteiger partial charge in [-0.3, -0.25) is 4.79 Å². The van der Waals surface area contributed by atoms with Crippen molar-refractivity contribution in [2.24, 2.45) is 5.92 Å². The highest BCUT2D eigenvalue weighted by Gasteiger charge is 2.24. The molecule has 4 rings (SSSR count). The van der Waals surface area contributed by atoms with Gasteiger partial charge in [-0.25, -0.2) is 4.98 Å². The van der Waals surface area contributed by atoms with Crippen molar-refractivity contribution in [2.75, 3.05) is 49.3 Å². The molecule has 2 N–H and O–H groups in total. The molecule has 0 spiro atoms. The molecule has 3 aromatic rings. The first kappa shape index (κ1) is 24.9. The summed E-state index contributed by atoms with van der Waals surface area (Å²) in [5.74, 6) is 1.75. The summed E-state index contributed by atoms with van der Waals surface area (Å²) in [5.41, 5.74) is 4.08. The van der Waals surface area contributed by atoms with Gasteiger partial charge >= 0.3 is 0 Å². The lowest BCUT2D eigenvalue weighted by molar-refractivity contribution is -0.121. The van der Waals surface area contributed by atoms with Crippen LogP contribution >= 0.6 is 0 Å². The van der Waals surface area contributed by atoms with Crippen LogP contribution in [0.5, 0.6) is 0 Å². The number of hydrogen-bond acceptors (Lipinski definition) is 6. The molecule has 1 saturated heterocycles. The molecule has 2 aromatic carbocycles. The molecule has 0 atom stereocenters. The fourth-order valence-corrected chi connectivity index (χ4v) is 4.50. The van der Waals surface area contributed by atoms with Crippen molar-refractivity contribution < 1.29 is 4.79 Å². The van der Waals surface area contributed by atoms with Gasteiger partial charge in [0.25, 0.3) is 0 Å². The van der Waals surface area contributed by atoms with Crippen molar-refractivity contribution in [2.45, 2.75) is 46.1 Å². The first-order valence-electron chi connectivity index (χ1n) is 12.7. The number of carbonyl (C=O) groups is 1. The smallest absolute Gasteiger partial charge is 0.227 e. The Morgan fingerprint density at radius 1 is 1.09 bits per heavy atom. The maximum Gasteiger partial charge on any atom is 0.227 e. The monoisotopic (exact) mass is 474 g/mol. The molecule has 1 aliphatic rings. The molecular weight excluding hydrogens is 436 g/mol. The number of rotatable bonds is 9. The van der Waals surface area contributed by atoms with Crippen molar-refractivity contribution in [3.05, 3.63) is 53.6 Å². The SMILES string of the molecule is CCCCN1CCC(C(=O)Nc2ccc(CNc3nc(N(C)C)nc4cc(C)ccc34)cc2)CC1. The van der Waals surface area contributed by atoms with E-state index in [1.807, 2.05) is 31.1 Å². The second-order valence-corrected chi connectivity index (χ2v) is 9.80. The van der Waals surface area contributed by atoms with Crippen LogP contribution in [0.4, 0.5) is 17.5 Å². The van der Waals surface area contributed by atoms with E-state index in [0.29, 0.717) is 12.5 Å². The van der Waals surface area contributed by atoms with E-state index in [2.05, 4.69) is 64.7 Å². The van der Waals surface area contributed by atoms with Gasteiger partial charge in [-0.15, -0.1) is 0 Å². The van der Waals surface area contributed by atoms with Crippen molar-refractivity contribution in [1.29, 1.82) is 0 Å². The Hall–Kier alpha value is -3.19. The van der Waals surface area contributed by atoms with Gasteiger partial charge in [0.05, 0.1) is 5.52 Å². The summed E-state index contributed by atoms with van der Waals surface area (Å²) in [5, 5.41) is 7.60. The second-order valence-electron chi connectivity index (χ2n) is 9.80. The van der Waals surface area contributed by atoms with Crippen LogP contribution in [-0.4, -0.2) is 54.5 Å². The number of nitrogens with zero attached hydrogens (tertiary/aromatic N) is 4. The summed E-state index contributed by atoms with van der Waals surface area (Å²) in [4.78, 5) is 26.6. The largest absolute Gasteiger partial charge is 0.365 e. The van der Waals surface area contributed by atoms with Gasteiger partial charge in [0, 0.05) is 37.6 Å². The molecule has 1 aliphatic heterocycles. The number of anilines is 3. The first-order chi connectivity index (χ1) is 16.9. The lowest BCUT2D eigenvalue weighted by Crippen LogP contribution is -2.38. The Kier molecular flexibility index (Phi) is 8.18. The van der Waals surface area contributed by atoms with E-state index < -0.39 is 0 Å². The molecule has 0 bridgehead atoms. The fraction of sp³-hybridized carbons (Fsp3) is 0.464. The highest BCUT2D eigenvalue weighted by molar-refractivity contribution is 5.92. The van der Waals surface area contributed by atoms with Crippen molar-refractivity contribution >= 4 is 34.3 Å². The standard InChI is InChI=1S/C28H38N6O/c1-5-6-15-34-16-13-22(14-17-34)27(35)30-23-10-8-21(9-11-23)19-29-26-24-12-7-20(2)18-25(24)31-28(32-26)33(3)4/h7-12,18,22H,5-6,13-17,19H2,1-4H3,(H,30,35)(H,29,31,32). The number of aryl methyl sites for hydroxylation is 1. The van der Waals surface area contributed by atoms with E-state index in [4.69, 9.17) is 4.98 Å². The molecule has 0 aliphatic carbocycles. The number of fused-ring (bicyclic) bond motifs is 1. The zero-order valence-corrected chi connectivity index (χ0v) is 21.5. The molecule has 1 amide bonds. The van der Waals surface area contributed by atoms with Gasteiger partial charge in [-0.2, -0.15) is 4.98 Å². The molecule has 7 heteroatoms. The van der Waals surface area contributed by atoms with E-state index in [9.17, 15) is 4.79 Å². The number of unbranched alkanes of at least 4 members (excludes halogenated alkanes) is 1. The summed E-state index contributed by atoms with van der Waals surface area (Å²) in [6.07, 6.45) is 4.35. The molecule has 0 saturated carbocycles. The second kappa shape index (κ2) is 11.5. The van der Waals surface area contributed by atoms with Gasteiger partial charge in [0.1, 0.15) is 5.82 Å². The van der Waals surface area contributed by atoms with Crippen LogP contribution < -0.4 is 15.5 Å². The summed E-state index contributed by atoms with van der Waals surface area (Å²) >= 11 is 0. The Bertz CT molecular complexity index is 1140. The van der Waals surface area contributed by atoms with Crippen LogP contribution in [-0.2, 0) is 11.3 Å². The van der Waals surface area contributed by atoms with Gasteiger partial charge in [0.15, 0.2) is 0 Å². The van der Waals surface area contributed by atoms with E-state index in [1.54, 1.807) is 0 Å². The average Bonchev–Trinajstić information content (AvgIpc) is 2.86. The van der Waals surface area contributed by atoms with Crippen LogP contribution in [0.1, 0.15) is 43.7 Å². The number of aromatic nitrogens is 2. The fourth-order valence-electron chi connectivity index (χ4n) is 4.50. The Morgan fingerprint density at radius 3 is 2.51 bits per heavy atom. The molecule has 0 unspecified atom stereocenters. The zero-order valence-electron chi connectivity index (χ0n) is 21.5. The summed E-state index contributed by atoms with van der Waals surface area (Å²) in [7, 11) is 3.90. The minimum absolute atomic E-state index is 0.106. The number of carbonyl (C=O) groups excluding carboxylic acids is 1. The summed E-state index contributed by atoms with van der Waals surface area (Å²) in [6, 6.07) is 14.3. The number of piperidine rings is 1. The van der Waals surface area contributed by atoms with Gasteiger partial charge in [0.2, 0.25) is 11.9 Å². The quantitative estimate of drug-likeness (QED) is 0.451. The Labute approximate surface area is 208 Å². The van der Waals surface area contributed by atoms with Crippen LogP contribution in [0.2, 0.25) is 0 Å². The van der Waals surface area contributed by atoms with E-state index >= 15 is 0 Å². The molecule has 35 heavy (non-hydrogen) atoms. The summed E-state index contributed by atoms with van der Waals surface area (Å²) < 4.78 is 0. The third-order valence-corrected chi connectivity index (χ3v) is 6.71. The number of likely N-dealkylation sites (tertiary alicyclic amines) is 1. The molecule has 2 heterocycles. The predicted octanol–water partition coefficient (Wildman–Crippen LogP) is 5.07.